The highest BCUT2D eigenvalue weighted by Crippen LogP contribution is 2.57. The van der Waals surface area contributed by atoms with Crippen LogP contribution in [-0.2, 0) is 19.8 Å². The molecular weight excluding hydrogens is 328 g/mol. The predicted molar refractivity (Wildman–Crippen MR) is 84.8 cm³/mol. The number of fused-ring (bicyclic) bond motifs is 3. The molecule has 130 valence electrons. The second kappa shape index (κ2) is 5.02. The van der Waals surface area contributed by atoms with Crippen molar-refractivity contribution in [1.82, 2.24) is 0 Å². The van der Waals surface area contributed by atoms with Crippen LogP contribution in [0.4, 0.5) is 0 Å². The molecule has 1 aliphatic heterocycles. The standard InChI is InChI=1S/C18H16O7/c1-6-14(22)12(8(3)20)16-13(15(6)23)18(4)10(25-16)5-9(21)11(7(2)19)17(18)24/h5,11,22-23H,1-4H3/t11-,18+/m1/s1. The summed E-state index contributed by atoms with van der Waals surface area (Å²) in [5.74, 6) is -5.15. The Bertz CT molecular complexity index is 922. The van der Waals surface area contributed by atoms with Crippen molar-refractivity contribution in [3.8, 4) is 17.2 Å². The predicted octanol–water partition coefficient (Wildman–Crippen LogP) is 1.50. The van der Waals surface area contributed by atoms with Crippen molar-refractivity contribution in [1.29, 1.82) is 0 Å². The van der Waals surface area contributed by atoms with Gasteiger partial charge in [-0.15, -0.1) is 0 Å². The first-order valence-electron chi connectivity index (χ1n) is 7.62. The molecule has 0 aromatic heterocycles. The number of benzene rings is 1. The SMILES string of the molecule is CC(=O)c1c(O)c(C)c(O)c2c1OC1=CC(=O)[C@@H](C(C)=O)C(=O)[C@@]12C. The lowest BCUT2D eigenvalue weighted by atomic mass is 9.67. The average Bonchev–Trinajstić information content (AvgIpc) is 2.78. The smallest absolute Gasteiger partial charge is 0.177 e. The Morgan fingerprint density at radius 1 is 1.16 bits per heavy atom. The molecule has 0 spiro atoms. The minimum absolute atomic E-state index is 0.0111. The summed E-state index contributed by atoms with van der Waals surface area (Å²) in [5.41, 5.74) is -1.77. The highest BCUT2D eigenvalue weighted by atomic mass is 16.5. The van der Waals surface area contributed by atoms with Crippen LogP contribution in [0.15, 0.2) is 11.8 Å². The monoisotopic (exact) mass is 344 g/mol. The van der Waals surface area contributed by atoms with Crippen LogP contribution >= 0.6 is 0 Å². The maximum absolute atomic E-state index is 13.0. The van der Waals surface area contributed by atoms with Gasteiger partial charge in [0.15, 0.2) is 17.3 Å². The van der Waals surface area contributed by atoms with Gasteiger partial charge in [0.2, 0.25) is 0 Å². The molecule has 1 aromatic carbocycles. The van der Waals surface area contributed by atoms with Crippen molar-refractivity contribution in [2.75, 3.05) is 0 Å². The third kappa shape index (κ3) is 1.92. The molecule has 2 atom stereocenters. The molecule has 7 heteroatoms. The number of carbonyl (C=O) groups excluding carboxylic acids is 4. The Kier molecular flexibility index (Phi) is 3.39. The number of Topliss-reactive ketones (excluding diaryl/α,β-unsaturated/α-hetero) is 3. The zero-order valence-corrected chi connectivity index (χ0v) is 14.1. The van der Waals surface area contributed by atoms with Gasteiger partial charge in [-0.25, -0.2) is 0 Å². The molecule has 3 rings (SSSR count). The number of phenols is 2. The van der Waals surface area contributed by atoms with Crippen LogP contribution in [0.3, 0.4) is 0 Å². The molecule has 2 N–H and O–H groups in total. The van der Waals surface area contributed by atoms with Crippen molar-refractivity contribution in [2.45, 2.75) is 33.1 Å². The molecule has 2 aliphatic rings. The molecule has 0 unspecified atom stereocenters. The zero-order chi connectivity index (χ0) is 18.8. The number of rotatable bonds is 2. The van der Waals surface area contributed by atoms with Crippen molar-refractivity contribution in [3.63, 3.8) is 0 Å². The highest BCUT2D eigenvalue weighted by molar-refractivity contribution is 6.27. The summed E-state index contributed by atoms with van der Waals surface area (Å²) in [4.78, 5) is 48.8. The Morgan fingerprint density at radius 3 is 2.28 bits per heavy atom. The van der Waals surface area contributed by atoms with Gasteiger partial charge in [-0.1, -0.05) is 0 Å². The van der Waals surface area contributed by atoms with E-state index in [2.05, 4.69) is 0 Å². The second-order valence-electron chi connectivity index (χ2n) is 6.50. The van der Waals surface area contributed by atoms with E-state index in [4.69, 9.17) is 4.74 Å². The Balaban J connectivity index is 2.41. The third-order valence-electron chi connectivity index (χ3n) is 4.91. The van der Waals surface area contributed by atoms with Crippen LogP contribution in [-0.4, -0.2) is 33.3 Å². The molecule has 0 saturated carbocycles. The number of hydrogen-bond donors (Lipinski definition) is 2. The molecule has 0 fully saturated rings. The molecule has 0 radical (unpaired) electrons. The van der Waals surface area contributed by atoms with E-state index in [1.54, 1.807) is 0 Å². The minimum Gasteiger partial charge on any atom is -0.507 e. The van der Waals surface area contributed by atoms with Gasteiger partial charge in [0.25, 0.3) is 0 Å². The summed E-state index contributed by atoms with van der Waals surface area (Å²) >= 11 is 0. The number of carbonyl (C=O) groups is 4. The van der Waals surface area contributed by atoms with Gasteiger partial charge < -0.3 is 14.9 Å². The Hall–Kier alpha value is -2.96. The van der Waals surface area contributed by atoms with Crippen LogP contribution in [0, 0.1) is 12.8 Å². The fourth-order valence-electron chi connectivity index (χ4n) is 3.49. The summed E-state index contributed by atoms with van der Waals surface area (Å²) in [7, 11) is 0. The summed E-state index contributed by atoms with van der Waals surface area (Å²) in [6.45, 7) is 5.17. The lowest BCUT2D eigenvalue weighted by molar-refractivity contribution is -0.140. The fraction of sp³-hybridized carbons (Fsp3) is 0.333. The van der Waals surface area contributed by atoms with E-state index in [-0.39, 0.29) is 28.2 Å². The van der Waals surface area contributed by atoms with E-state index in [9.17, 15) is 29.4 Å². The molecule has 1 aliphatic carbocycles. The average molecular weight is 344 g/mol. The zero-order valence-electron chi connectivity index (χ0n) is 14.1. The maximum Gasteiger partial charge on any atom is 0.177 e. The fourth-order valence-corrected chi connectivity index (χ4v) is 3.49. The topological polar surface area (TPSA) is 118 Å². The van der Waals surface area contributed by atoms with Crippen LogP contribution in [0.2, 0.25) is 0 Å². The summed E-state index contributed by atoms with van der Waals surface area (Å²) in [5, 5.41) is 20.7. The Labute approximate surface area is 142 Å². The number of allylic oxidation sites excluding steroid dienone is 2. The van der Waals surface area contributed by atoms with Crippen LogP contribution in [0.25, 0.3) is 0 Å². The molecule has 25 heavy (non-hydrogen) atoms. The molecular formula is C18H16O7. The number of hydrogen-bond acceptors (Lipinski definition) is 7. The quantitative estimate of drug-likeness (QED) is 0.616. The number of ether oxygens (including phenoxy) is 1. The summed E-state index contributed by atoms with van der Waals surface area (Å²) in [6, 6.07) is 0. The van der Waals surface area contributed by atoms with E-state index in [1.807, 2.05) is 0 Å². The molecule has 1 heterocycles. The summed E-state index contributed by atoms with van der Waals surface area (Å²) < 4.78 is 5.56. The van der Waals surface area contributed by atoms with Crippen molar-refractivity contribution in [2.24, 2.45) is 5.92 Å². The summed E-state index contributed by atoms with van der Waals surface area (Å²) in [6.07, 6.45) is 1.04. The number of phenolic OH excluding ortho intramolecular Hbond substituents is 2. The Morgan fingerprint density at radius 2 is 1.76 bits per heavy atom. The lowest BCUT2D eigenvalue weighted by Crippen LogP contribution is -2.47. The van der Waals surface area contributed by atoms with Gasteiger partial charge in [0.1, 0.15) is 45.7 Å². The van der Waals surface area contributed by atoms with Crippen LogP contribution in [0.5, 0.6) is 17.2 Å². The van der Waals surface area contributed by atoms with Crippen LogP contribution in [0.1, 0.15) is 42.3 Å². The first-order valence-corrected chi connectivity index (χ1v) is 7.62. The molecule has 0 bridgehead atoms. The van der Waals surface area contributed by atoms with Crippen molar-refractivity contribution in [3.05, 3.63) is 28.5 Å². The molecule has 0 saturated heterocycles. The van der Waals surface area contributed by atoms with Crippen LogP contribution < -0.4 is 4.74 Å². The van der Waals surface area contributed by atoms with E-state index in [0.29, 0.717) is 0 Å². The maximum atomic E-state index is 13.0. The lowest BCUT2D eigenvalue weighted by Gasteiger charge is -2.30. The van der Waals surface area contributed by atoms with E-state index in [1.165, 1.54) is 20.8 Å². The minimum atomic E-state index is -1.59. The normalized spacial score (nSPS) is 24.3. The van der Waals surface area contributed by atoms with Gasteiger partial charge in [-0.05, 0) is 27.7 Å². The van der Waals surface area contributed by atoms with Gasteiger partial charge in [-0.2, -0.15) is 0 Å². The van der Waals surface area contributed by atoms with Gasteiger partial charge >= 0.3 is 0 Å². The van der Waals surface area contributed by atoms with Crippen molar-refractivity contribution >= 4 is 23.1 Å². The molecule has 7 nitrogen and oxygen atoms in total. The first-order chi connectivity index (χ1) is 11.5. The van der Waals surface area contributed by atoms with E-state index in [0.717, 1.165) is 13.0 Å². The second-order valence-corrected chi connectivity index (χ2v) is 6.50. The first kappa shape index (κ1) is 16.9. The van der Waals surface area contributed by atoms with E-state index >= 15 is 0 Å². The van der Waals surface area contributed by atoms with Gasteiger partial charge in [0.05, 0.1) is 5.56 Å². The third-order valence-corrected chi connectivity index (χ3v) is 4.91. The van der Waals surface area contributed by atoms with Gasteiger partial charge in [0, 0.05) is 11.6 Å². The highest BCUT2D eigenvalue weighted by Gasteiger charge is 2.58. The van der Waals surface area contributed by atoms with E-state index < -0.39 is 46.0 Å². The largest absolute Gasteiger partial charge is 0.507 e. The van der Waals surface area contributed by atoms with Crippen molar-refractivity contribution < 1.29 is 34.1 Å². The number of ketones is 4. The molecule has 1 aromatic rings. The van der Waals surface area contributed by atoms with Gasteiger partial charge in [-0.3, -0.25) is 19.2 Å². The molecule has 0 amide bonds. The number of aromatic hydroxyl groups is 2.